The van der Waals surface area contributed by atoms with Gasteiger partial charge in [0.2, 0.25) is 10.0 Å². The molecular weight excluding hydrogens is 384 g/mol. The van der Waals surface area contributed by atoms with Gasteiger partial charge in [0.1, 0.15) is 17.8 Å². The van der Waals surface area contributed by atoms with Crippen molar-refractivity contribution >= 4 is 16.1 Å². The Morgan fingerprint density at radius 1 is 1.44 bits per heavy atom. The number of ether oxygens (including phenoxy) is 1. The monoisotopic (exact) mass is 403 g/mol. The third kappa shape index (κ3) is 4.28. The molecule has 2 atom stereocenters. The minimum atomic E-state index is -4.10. The van der Waals surface area contributed by atoms with Gasteiger partial charge in [0.15, 0.2) is 0 Å². The molecule has 8 nitrogen and oxygen atoms in total. The standard InChI is InChI=1S/C16H19F2N3O5S/c1-26-12-5-3-11(4-6-12)9-21(27(2,24)25)14-10-20(15(22)23)13(7-8-19)16(14,17)18/h3-6,13-14H,7,9-10H2,1-2H3,(H,22,23)/t13-,14-/m1/s1. The van der Waals surface area contributed by atoms with E-state index in [9.17, 15) is 27.1 Å². The first-order valence-corrected chi connectivity index (χ1v) is 9.71. The van der Waals surface area contributed by atoms with E-state index in [1.165, 1.54) is 19.2 Å². The van der Waals surface area contributed by atoms with Crippen LogP contribution in [0.15, 0.2) is 24.3 Å². The van der Waals surface area contributed by atoms with Crippen molar-refractivity contribution in [1.82, 2.24) is 9.21 Å². The molecule has 11 heteroatoms. The minimum absolute atomic E-state index is 0.365. The molecule has 1 amide bonds. The number of benzene rings is 1. The summed E-state index contributed by atoms with van der Waals surface area (Å²) in [6.45, 7) is -1.09. The fourth-order valence-electron chi connectivity index (χ4n) is 3.06. The van der Waals surface area contributed by atoms with E-state index in [0.717, 1.165) is 6.26 Å². The highest BCUT2D eigenvalue weighted by atomic mass is 32.2. The third-order valence-corrected chi connectivity index (χ3v) is 5.67. The number of halogens is 2. The van der Waals surface area contributed by atoms with Crippen molar-refractivity contribution in [3.05, 3.63) is 29.8 Å². The summed E-state index contributed by atoms with van der Waals surface area (Å²) >= 11 is 0. The predicted molar refractivity (Wildman–Crippen MR) is 90.9 cm³/mol. The Hall–Kier alpha value is -2.45. The van der Waals surface area contributed by atoms with Crippen molar-refractivity contribution in [3.8, 4) is 11.8 Å². The highest BCUT2D eigenvalue weighted by molar-refractivity contribution is 7.88. The quantitative estimate of drug-likeness (QED) is 0.775. The van der Waals surface area contributed by atoms with Crippen molar-refractivity contribution < 1.29 is 31.8 Å². The molecule has 1 aliphatic heterocycles. The first kappa shape index (κ1) is 20.9. The van der Waals surface area contributed by atoms with Crippen LogP contribution in [0.3, 0.4) is 0 Å². The van der Waals surface area contributed by atoms with Gasteiger partial charge in [-0.1, -0.05) is 12.1 Å². The van der Waals surface area contributed by atoms with Gasteiger partial charge < -0.3 is 9.84 Å². The molecule has 0 bridgehead atoms. The zero-order chi connectivity index (χ0) is 20.4. The number of sulfonamides is 1. The van der Waals surface area contributed by atoms with Gasteiger partial charge in [0.05, 0.1) is 25.9 Å². The molecule has 1 aliphatic rings. The van der Waals surface area contributed by atoms with Crippen LogP contribution < -0.4 is 4.74 Å². The first-order valence-electron chi connectivity index (χ1n) is 7.86. The van der Waals surface area contributed by atoms with E-state index < -0.39 is 47.1 Å². The number of rotatable bonds is 6. The van der Waals surface area contributed by atoms with Crippen LogP contribution in [0.1, 0.15) is 12.0 Å². The van der Waals surface area contributed by atoms with Crippen LogP contribution in [-0.4, -0.2) is 66.7 Å². The predicted octanol–water partition coefficient (Wildman–Crippen LogP) is 1.74. The zero-order valence-corrected chi connectivity index (χ0v) is 15.5. The lowest BCUT2D eigenvalue weighted by atomic mass is 10.0. The van der Waals surface area contributed by atoms with E-state index in [0.29, 0.717) is 20.5 Å². The summed E-state index contributed by atoms with van der Waals surface area (Å²) in [5.41, 5.74) is 0.433. The van der Waals surface area contributed by atoms with Crippen molar-refractivity contribution in [2.24, 2.45) is 0 Å². The largest absolute Gasteiger partial charge is 0.497 e. The number of nitrogens with zero attached hydrogens (tertiary/aromatic N) is 3. The Labute approximate surface area is 155 Å². The number of likely N-dealkylation sites (tertiary alicyclic amines) is 1. The number of carboxylic acid groups (broad SMARTS) is 1. The second-order valence-corrected chi connectivity index (χ2v) is 8.09. The molecule has 0 unspecified atom stereocenters. The van der Waals surface area contributed by atoms with Crippen molar-refractivity contribution in [3.63, 3.8) is 0 Å². The normalized spacial score (nSPS) is 21.9. The zero-order valence-electron chi connectivity index (χ0n) is 14.7. The maximum atomic E-state index is 14.9. The molecule has 0 aromatic heterocycles. The molecule has 0 saturated carbocycles. The van der Waals surface area contributed by atoms with Crippen LogP contribution in [-0.2, 0) is 16.6 Å². The molecule has 1 aromatic rings. The molecule has 0 radical (unpaired) electrons. The molecule has 1 N–H and O–H groups in total. The van der Waals surface area contributed by atoms with Crippen LogP contribution in [0.2, 0.25) is 0 Å². The third-order valence-electron chi connectivity index (χ3n) is 4.44. The molecular formula is C16H19F2N3O5S. The first-order chi connectivity index (χ1) is 12.5. The molecule has 148 valence electrons. The van der Waals surface area contributed by atoms with Gasteiger partial charge in [-0.15, -0.1) is 0 Å². The molecule has 2 rings (SSSR count). The average molecular weight is 403 g/mol. The lowest BCUT2D eigenvalue weighted by Gasteiger charge is -2.31. The molecule has 27 heavy (non-hydrogen) atoms. The molecule has 1 fully saturated rings. The number of amides is 1. The fraction of sp³-hybridized carbons (Fsp3) is 0.500. The maximum absolute atomic E-state index is 14.9. The topological polar surface area (TPSA) is 111 Å². The molecule has 1 aromatic carbocycles. The van der Waals surface area contributed by atoms with Gasteiger partial charge in [-0.25, -0.2) is 22.0 Å². The van der Waals surface area contributed by atoms with Crippen LogP contribution in [0.5, 0.6) is 5.75 Å². The lowest BCUT2D eigenvalue weighted by molar-refractivity contribution is -0.0629. The SMILES string of the molecule is COc1ccc(CN([C@@H]2CN(C(=O)O)[C@H](CC#N)C2(F)F)S(C)(=O)=O)cc1. The smallest absolute Gasteiger partial charge is 0.407 e. The summed E-state index contributed by atoms with van der Waals surface area (Å²) in [5, 5.41) is 18.0. The van der Waals surface area contributed by atoms with E-state index in [4.69, 9.17) is 10.00 Å². The Morgan fingerprint density at radius 3 is 2.48 bits per heavy atom. The summed E-state index contributed by atoms with van der Waals surface area (Å²) in [5.74, 6) is -3.20. The Bertz CT molecular complexity index is 839. The molecule has 0 aliphatic carbocycles. The Balaban J connectivity index is 2.40. The van der Waals surface area contributed by atoms with Gasteiger partial charge in [-0.2, -0.15) is 9.57 Å². The fourth-order valence-corrected chi connectivity index (χ4v) is 4.11. The van der Waals surface area contributed by atoms with Gasteiger partial charge in [-0.3, -0.25) is 4.90 Å². The Morgan fingerprint density at radius 2 is 2.04 bits per heavy atom. The van der Waals surface area contributed by atoms with E-state index in [1.54, 1.807) is 18.2 Å². The minimum Gasteiger partial charge on any atom is -0.497 e. The van der Waals surface area contributed by atoms with E-state index in [2.05, 4.69) is 0 Å². The molecule has 0 spiro atoms. The number of hydrogen-bond donors (Lipinski definition) is 1. The Kier molecular flexibility index (Phi) is 5.91. The number of methoxy groups -OCH3 is 1. The molecule has 1 heterocycles. The van der Waals surface area contributed by atoms with Crippen LogP contribution >= 0.6 is 0 Å². The van der Waals surface area contributed by atoms with Crippen LogP contribution in [0, 0.1) is 11.3 Å². The summed E-state index contributed by atoms with van der Waals surface area (Å²) in [4.78, 5) is 11.8. The number of carbonyl (C=O) groups is 1. The van der Waals surface area contributed by atoms with Gasteiger partial charge in [0.25, 0.3) is 5.92 Å². The highest BCUT2D eigenvalue weighted by Crippen LogP contribution is 2.40. The lowest BCUT2D eigenvalue weighted by Crippen LogP contribution is -2.51. The second kappa shape index (κ2) is 7.66. The summed E-state index contributed by atoms with van der Waals surface area (Å²) in [6.07, 6.45) is -1.58. The van der Waals surface area contributed by atoms with Gasteiger partial charge in [0, 0.05) is 13.1 Å². The number of hydrogen-bond acceptors (Lipinski definition) is 5. The number of nitriles is 1. The van der Waals surface area contributed by atoms with Crippen molar-refractivity contribution in [2.75, 3.05) is 19.9 Å². The van der Waals surface area contributed by atoms with Crippen LogP contribution in [0.25, 0.3) is 0 Å². The molecule has 1 saturated heterocycles. The van der Waals surface area contributed by atoms with Crippen molar-refractivity contribution in [1.29, 1.82) is 5.26 Å². The van der Waals surface area contributed by atoms with Gasteiger partial charge in [-0.05, 0) is 17.7 Å². The van der Waals surface area contributed by atoms with E-state index in [-0.39, 0.29) is 6.54 Å². The second-order valence-electron chi connectivity index (χ2n) is 6.16. The average Bonchev–Trinajstić information content (AvgIpc) is 2.84. The van der Waals surface area contributed by atoms with Crippen LogP contribution in [0.4, 0.5) is 13.6 Å². The van der Waals surface area contributed by atoms with Crippen molar-refractivity contribution in [2.45, 2.75) is 31.0 Å². The number of alkyl halides is 2. The summed E-state index contributed by atoms with van der Waals surface area (Å²) in [7, 11) is -2.65. The summed E-state index contributed by atoms with van der Waals surface area (Å²) in [6, 6.07) is 3.91. The van der Waals surface area contributed by atoms with E-state index in [1.807, 2.05) is 0 Å². The van der Waals surface area contributed by atoms with E-state index >= 15 is 0 Å². The summed E-state index contributed by atoms with van der Waals surface area (Å²) < 4.78 is 59.8. The van der Waals surface area contributed by atoms with Gasteiger partial charge >= 0.3 is 6.09 Å². The maximum Gasteiger partial charge on any atom is 0.407 e. The highest BCUT2D eigenvalue weighted by Gasteiger charge is 2.61.